The summed E-state index contributed by atoms with van der Waals surface area (Å²) in [5.74, 6) is 1.94. The highest BCUT2D eigenvalue weighted by molar-refractivity contribution is 6.12. The van der Waals surface area contributed by atoms with Gasteiger partial charge in [0.25, 0.3) is 0 Å². The summed E-state index contributed by atoms with van der Waals surface area (Å²) in [5, 5.41) is 2.57. The van der Waals surface area contributed by atoms with Gasteiger partial charge in [0.2, 0.25) is 0 Å². The molecule has 2 aromatic heterocycles. The zero-order chi connectivity index (χ0) is 44.3. The van der Waals surface area contributed by atoms with Crippen LogP contribution in [0.15, 0.2) is 218 Å². The molecule has 0 atom stereocenters. The molecule has 0 bridgehead atoms. The van der Waals surface area contributed by atoms with E-state index in [4.69, 9.17) is 15.0 Å². The summed E-state index contributed by atoms with van der Waals surface area (Å²) >= 11 is 0. The first-order chi connectivity index (χ1) is 33.2. The Balaban J connectivity index is 0.921. The molecule has 13 rings (SSSR count). The maximum Gasteiger partial charge on any atom is 0.164 e. The molecule has 11 aromatic rings. The van der Waals surface area contributed by atoms with Crippen molar-refractivity contribution >= 4 is 21.8 Å². The van der Waals surface area contributed by atoms with Crippen molar-refractivity contribution in [2.75, 3.05) is 0 Å². The third-order valence-corrected chi connectivity index (χ3v) is 14.5. The van der Waals surface area contributed by atoms with Crippen LogP contribution in [0, 0.1) is 0 Å². The first-order valence-electron chi connectivity index (χ1n) is 23.6. The van der Waals surface area contributed by atoms with E-state index >= 15 is 0 Å². The summed E-state index contributed by atoms with van der Waals surface area (Å²) in [6.07, 6.45) is 6.25. The summed E-state index contributed by atoms with van der Waals surface area (Å²) < 4.78 is 2.49. The molecule has 4 heteroatoms. The fraction of sp³-hybridized carbons (Fsp3) is 0.0952. The largest absolute Gasteiger partial charge is 0.309 e. The Morgan fingerprint density at radius 2 is 0.746 bits per heavy atom. The van der Waals surface area contributed by atoms with Crippen molar-refractivity contribution < 1.29 is 0 Å². The maximum absolute atomic E-state index is 5.09. The van der Waals surface area contributed by atoms with Crippen molar-refractivity contribution in [1.82, 2.24) is 19.5 Å². The van der Waals surface area contributed by atoms with Crippen molar-refractivity contribution in [1.29, 1.82) is 0 Å². The highest BCUT2D eigenvalue weighted by Crippen LogP contribution is 2.57. The van der Waals surface area contributed by atoms with Crippen LogP contribution < -0.4 is 0 Å². The third kappa shape index (κ3) is 6.70. The maximum atomic E-state index is 5.09. The third-order valence-electron chi connectivity index (χ3n) is 14.5. The molecular formula is C63H46N4. The van der Waals surface area contributed by atoms with Gasteiger partial charge in [-0.25, -0.2) is 15.0 Å². The first-order valence-corrected chi connectivity index (χ1v) is 23.6. The topological polar surface area (TPSA) is 43.6 Å². The van der Waals surface area contributed by atoms with E-state index in [0.29, 0.717) is 17.5 Å². The molecule has 2 heterocycles. The van der Waals surface area contributed by atoms with Crippen LogP contribution in [-0.2, 0) is 5.41 Å². The van der Waals surface area contributed by atoms with E-state index in [0.717, 1.165) is 33.5 Å². The lowest BCUT2D eigenvalue weighted by Gasteiger charge is -2.36. The molecular weight excluding hydrogens is 813 g/mol. The Kier molecular flexibility index (Phi) is 9.38. The van der Waals surface area contributed by atoms with Crippen LogP contribution >= 0.6 is 0 Å². The van der Waals surface area contributed by atoms with Crippen molar-refractivity contribution in [2.24, 2.45) is 0 Å². The Labute approximate surface area is 391 Å². The molecule has 2 aliphatic rings. The highest BCUT2D eigenvalue weighted by Gasteiger charge is 2.44. The Hall–Kier alpha value is -8.21. The smallest absolute Gasteiger partial charge is 0.164 e. The minimum absolute atomic E-state index is 0.0679. The number of aromatic nitrogens is 4. The number of hydrogen-bond acceptors (Lipinski definition) is 3. The summed E-state index contributed by atoms with van der Waals surface area (Å²) in [6, 6.07) is 78.9. The minimum atomic E-state index is 0.0679. The molecule has 0 amide bonds. The van der Waals surface area contributed by atoms with E-state index in [2.05, 4.69) is 199 Å². The molecule has 1 spiro atoms. The SMILES string of the molecule is c1ccc(-c2ccc(-c3nc(-c4ccccc4)nc(-c4ccc(-c5ccc6c(c5)c5cc7c(cc5n6-c5ccc(-c6ccccc6)cc5)-c5ccccc5C75CCCCC5)cc4)n3)cc2)cc1. The van der Waals surface area contributed by atoms with E-state index in [1.165, 1.54) is 98.4 Å². The van der Waals surface area contributed by atoms with Gasteiger partial charge < -0.3 is 4.57 Å². The molecule has 0 aliphatic heterocycles. The van der Waals surface area contributed by atoms with Crippen LogP contribution in [0.2, 0.25) is 0 Å². The zero-order valence-electron chi connectivity index (χ0n) is 37.1. The fourth-order valence-corrected chi connectivity index (χ4v) is 11.2. The molecule has 9 aromatic carbocycles. The van der Waals surface area contributed by atoms with Gasteiger partial charge in [0.1, 0.15) is 0 Å². The van der Waals surface area contributed by atoms with Crippen molar-refractivity contribution in [3.8, 4) is 84.4 Å². The summed E-state index contributed by atoms with van der Waals surface area (Å²) in [4.78, 5) is 15.1. The predicted octanol–water partition coefficient (Wildman–Crippen LogP) is 16.2. The summed E-state index contributed by atoms with van der Waals surface area (Å²) in [5.41, 5.74) is 19.4. The van der Waals surface area contributed by atoms with Crippen molar-refractivity contribution in [2.45, 2.75) is 37.5 Å². The van der Waals surface area contributed by atoms with E-state index in [1.54, 1.807) is 0 Å². The molecule has 1 fully saturated rings. The molecule has 1 saturated carbocycles. The van der Waals surface area contributed by atoms with E-state index in [-0.39, 0.29) is 5.41 Å². The van der Waals surface area contributed by atoms with Crippen LogP contribution in [0.25, 0.3) is 106 Å². The van der Waals surface area contributed by atoms with Gasteiger partial charge >= 0.3 is 0 Å². The van der Waals surface area contributed by atoms with Gasteiger partial charge in [0.15, 0.2) is 17.5 Å². The quantitative estimate of drug-likeness (QED) is 0.160. The number of hydrogen-bond donors (Lipinski definition) is 0. The minimum Gasteiger partial charge on any atom is -0.309 e. The molecule has 0 unspecified atom stereocenters. The van der Waals surface area contributed by atoms with Crippen LogP contribution in [0.5, 0.6) is 0 Å². The molecule has 4 nitrogen and oxygen atoms in total. The van der Waals surface area contributed by atoms with E-state index in [1.807, 2.05) is 24.3 Å². The van der Waals surface area contributed by atoms with Crippen molar-refractivity contribution in [3.63, 3.8) is 0 Å². The second-order valence-corrected chi connectivity index (χ2v) is 18.3. The van der Waals surface area contributed by atoms with Gasteiger partial charge in [0, 0.05) is 38.6 Å². The second kappa shape index (κ2) is 16.0. The lowest BCUT2D eigenvalue weighted by atomic mass is 9.68. The van der Waals surface area contributed by atoms with Gasteiger partial charge in [-0.2, -0.15) is 0 Å². The molecule has 0 N–H and O–H groups in total. The molecule has 318 valence electrons. The van der Waals surface area contributed by atoms with E-state index in [9.17, 15) is 0 Å². The van der Waals surface area contributed by atoms with Gasteiger partial charge in [-0.15, -0.1) is 0 Å². The molecule has 0 radical (unpaired) electrons. The second-order valence-electron chi connectivity index (χ2n) is 18.3. The Bertz CT molecular complexity index is 3610. The average molecular weight is 859 g/mol. The number of nitrogens with zero attached hydrogens (tertiary/aromatic N) is 4. The van der Waals surface area contributed by atoms with Crippen LogP contribution in [0.4, 0.5) is 0 Å². The molecule has 0 saturated heterocycles. The van der Waals surface area contributed by atoms with Gasteiger partial charge in [0.05, 0.1) is 11.0 Å². The normalized spacial score (nSPS) is 13.8. The zero-order valence-corrected chi connectivity index (χ0v) is 37.1. The highest BCUT2D eigenvalue weighted by atomic mass is 15.0. The molecule has 67 heavy (non-hydrogen) atoms. The first kappa shape index (κ1) is 39.2. The monoisotopic (exact) mass is 858 g/mol. The lowest BCUT2D eigenvalue weighted by molar-refractivity contribution is 0.353. The van der Waals surface area contributed by atoms with Crippen LogP contribution in [0.3, 0.4) is 0 Å². The number of benzene rings is 9. The summed E-state index contributed by atoms with van der Waals surface area (Å²) in [7, 11) is 0. The Morgan fingerprint density at radius 1 is 0.313 bits per heavy atom. The number of rotatable bonds is 7. The van der Waals surface area contributed by atoms with Gasteiger partial charge in [-0.05, 0) is 105 Å². The number of fused-ring (bicyclic) bond motifs is 8. The van der Waals surface area contributed by atoms with Crippen LogP contribution in [0.1, 0.15) is 43.2 Å². The Morgan fingerprint density at radius 3 is 1.33 bits per heavy atom. The summed E-state index contributed by atoms with van der Waals surface area (Å²) in [6.45, 7) is 0. The fourth-order valence-electron chi connectivity index (χ4n) is 11.2. The standard InChI is InChI=1S/C63H46N4/c1-5-15-42(16-6-1)44-23-27-48(28-24-44)61-64-60(47-19-9-3-10-20-47)65-62(66-61)49-29-25-46(26-30-49)50-33-36-58-54(39-50)55-40-57-53(52-21-11-12-22-56(52)63(57)37-13-4-14-38-63)41-59(55)67(58)51-34-31-45(32-35-51)43-17-7-2-8-18-43/h1-3,5-12,15-36,39-41H,4,13-14,37-38H2. The predicted molar refractivity (Wildman–Crippen MR) is 276 cm³/mol. The average Bonchev–Trinajstić information content (AvgIpc) is 3.87. The lowest BCUT2D eigenvalue weighted by Crippen LogP contribution is -2.27. The van der Waals surface area contributed by atoms with E-state index < -0.39 is 0 Å². The van der Waals surface area contributed by atoms with Gasteiger partial charge in [-0.3, -0.25) is 0 Å². The molecule has 2 aliphatic carbocycles. The van der Waals surface area contributed by atoms with Gasteiger partial charge in [-0.1, -0.05) is 201 Å². The van der Waals surface area contributed by atoms with Crippen LogP contribution in [-0.4, -0.2) is 19.5 Å². The van der Waals surface area contributed by atoms with Crippen molar-refractivity contribution in [3.05, 3.63) is 230 Å².